The van der Waals surface area contributed by atoms with Gasteiger partial charge in [0, 0.05) is 26.6 Å². The van der Waals surface area contributed by atoms with Crippen molar-refractivity contribution in [3.63, 3.8) is 0 Å². The highest BCUT2D eigenvalue weighted by atomic mass is 32.1. The zero-order valence-corrected chi connectivity index (χ0v) is 11.6. The highest BCUT2D eigenvalue weighted by Gasteiger charge is 2.14. The molecule has 0 radical (unpaired) electrons. The van der Waals surface area contributed by atoms with Crippen molar-refractivity contribution in [1.29, 1.82) is 0 Å². The fraction of sp³-hybridized carbons (Fsp3) is 0.385. The maximum Gasteiger partial charge on any atom is 0.250 e. The molecule has 1 aromatic heterocycles. The first-order valence-electron chi connectivity index (χ1n) is 6.09. The number of carbonyl (C=O) groups excluding carboxylic acids is 1. The summed E-state index contributed by atoms with van der Waals surface area (Å²) in [5, 5.41) is 3.82. The number of methoxy groups -OCH3 is 1. The Kier molecular flexibility index (Phi) is 4.84. The van der Waals surface area contributed by atoms with E-state index in [0.717, 1.165) is 10.5 Å². The van der Waals surface area contributed by atoms with Crippen LogP contribution in [-0.4, -0.2) is 37.2 Å². The largest absolute Gasteiger partial charge is 0.370 e. The summed E-state index contributed by atoms with van der Waals surface area (Å²) in [5.74, 6) is -0.175. The standard InChI is InChI=1S/C13H17N3O2S/c1-18-10(8-14)13(17)15-7-6-12-16-9-4-2-3-5-11(9)19-12/h2-5,10H,6-8,14H2,1H3,(H,15,17). The lowest BCUT2D eigenvalue weighted by Crippen LogP contribution is -2.41. The number of nitrogens with two attached hydrogens (primary N) is 1. The van der Waals surface area contributed by atoms with Crippen LogP contribution in [0.3, 0.4) is 0 Å². The van der Waals surface area contributed by atoms with Crippen molar-refractivity contribution in [3.05, 3.63) is 29.3 Å². The van der Waals surface area contributed by atoms with Gasteiger partial charge in [0.2, 0.25) is 5.91 Å². The topological polar surface area (TPSA) is 77.2 Å². The first-order valence-corrected chi connectivity index (χ1v) is 6.91. The summed E-state index contributed by atoms with van der Waals surface area (Å²) in [5.41, 5.74) is 6.43. The van der Waals surface area contributed by atoms with E-state index >= 15 is 0 Å². The molecule has 1 heterocycles. The number of hydrogen-bond acceptors (Lipinski definition) is 5. The van der Waals surface area contributed by atoms with Crippen LogP contribution in [0, 0.1) is 0 Å². The number of benzene rings is 1. The third-order valence-electron chi connectivity index (χ3n) is 2.77. The molecule has 1 unspecified atom stereocenters. The van der Waals surface area contributed by atoms with Crippen molar-refractivity contribution >= 4 is 27.5 Å². The molecule has 0 aliphatic rings. The first-order chi connectivity index (χ1) is 9.24. The minimum Gasteiger partial charge on any atom is -0.370 e. The summed E-state index contributed by atoms with van der Waals surface area (Å²) in [6, 6.07) is 8.00. The van der Waals surface area contributed by atoms with Gasteiger partial charge >= 0.3 is 0 Å². The van der Waals surface area contributed by atoms with Gasteiger partial charge in [-0.05, 0) is 12.1 Å². The zero-order valence-electron chi connectivity index (χ0n) is 10.8. The van der Waals surface area contributed by atoms with Gasteiger partial charge in [0.25, 0.3) is 0 Å². The Bertz CT molecular complexity index is 519. The summed E-state index contributed by atoms with van der Waals surface area (Å²) in [6.45, 7) is 0.724. The van der Waals surface area contributed by atoms with Gasteiger partial charge in [-0.3, -0.25) is 4.79 Å². The third-order valence-corrected chi connectivity index (χ3v) is 3.86. The van der Waals surface area contributed by atoms with E-state index < -0.39 is 6.10 Å². The molecule has 0 saturated carbocycles. The van der Waals surface area contributed by atoms with E-state index in [2.05, 4.69) is 10.3 Å². The number of ether oxygens (including phenoxy) is 1. The highest BCUT2D eigenvalue weighted by molar-refractivity contribution is 7.18. The van der Waals surface area contributed by atoms with Gasteiger partial charge in [-0.15, -0.1) is 11.3 Å². The van der Waals surface area contributed by atoms with Crippen molar-refractivity contribution in [3.8, 4) is 0 Å². The summed E-state index contributed by atoms with van der Waals surface area (Å²) < 4.78 is 6.13. The molecule has 2 rings (SSSR count). The number of thiazole rings is 1. The number of rotatable bonds is 6. The van der Waals surface area contributed by atoms with Crippen LogP contribution in [0.2, 0.25) is 0 Å². The van der Waals surface area contributed by atoms with Crippen LogP contribution in [0.5, 0.6) is 0 Å². The fourth-order valence-electron chi connectivity index (χ4n) is 1.74. The van der Waals surface area contributed by atoms with E-state index in [1.54, 1.807) is 11.3 Å². The van der Waals surface area contributed by atoms with Crippen molar-refractivity contribution in [1.82, 2.24) is 10.3 Å². The molecule has 102 valence electrons. The molecule has 2 aromatic rings. The normalized spacial score (nSPS) is 12.5. The van der Waals surface area contributed by atoms with Crippen LogP contribution in [0.1, 0.15) is 5.01 Å². The lowest BCUT2D eigenvalue weighted by molar-refractivity contribution is -0.130. The molecule has 5 nitrogen and oxygen atoms in total. The van der Waals surface area contributed by atoms with Crippen molar-refractivity contribution in [2.75, 3.05) is 20.2 Å². The number of aromatic nitrogens is 1. The minimum absolute atomic E-state index is 0.175. The second kappa shape index (κ2) is 6.60. The molecule has 0 aliphatic carbocycles. The van der Waals surface area contributed by atoms with E-state index in [1.165, 1.54) is 11.8 Å². The second-order valence-electron chi connectivity index (χ2n) is 4.08. The quantitative estimate of drug-likeness (QED) is 0.824. The van der Waals surface area contributed by atoms with Crippen molar-refractivity contribution < 1.29 is 9.53 Å². The Morgan fingerprint density at radius 2 is 2.32 bits per heavy atom. The van der Waals surface area contributed by atoms with Crippen LogP contribution in [0.25, 0.3) is 10.2 Å². The SMILES string of the molecule is COC(CN)C(=O)NCCc1nc2ccccc2s1. The van der Waals surface area contributed by atoms with Crippen LogP contribution in [0.15, 0.2) is 24.3 Å². The maximum absolute atomic E-state index is 11.6. The molecule has 0 aliphatic heterocycles. The van der Waals surface area contributed by atoms with E-state index in [0.29, 0.717) is 13.0 Å². The predicted octanol–water partition coefficient (Wildman–Crippen LogP) is 0.929. The Labute approximate surface area is 115 Å². The minimum atomic E-state index is -0.574. The smallest absolute Gasteiger partial charge is 0.250 e. The van der Waals surface area contributed by atoms with Crippen LogP contribution >= 0.6 is 11.3 Å². The van der Waals surface area contributed by atoms with Crippen LogP contribution in [0.4, 0.5) is 0 Å². The Morgan fingerprint density at radius 1 is 1.53 bits per heavy atom. The summed E-state index contributed by atoms with van der Waals surface area (Å²) >= 11 is 1.65. The molecular weight excluding hydrogens is 262 g/mol. The number of hydrogen-bond donors (Lipinski definition) is 2. The number of nitrogens with zero attached hydrogens (tertiary/aromatic N) is 1. The van der Waals surface area contributed by atoms with E-state index in [4.69, 9.17) is 10.5 Å². The monoisotopic (exact) mass is 279 g/mol. The molecule has 0 fully saturated rings. The highest BCUT2D eigenvalue weighted by Crippen LogP contribution is 2.21. The molecule has 3 N–H and O–H groups in total. The van der Waals surface area contributed by atoms with E-state index in [-0.39, 0.29) is 12.5 Å². The van der Waals surface area contributed by atoms with Gasteiger partial charge in [0.15, 0.2) is 0 Å². The molecule has 1 atom stereocenters. The number of carbonyl (C=O) groups is 1. The van der Waals surface area contributed by atoms with Gasteiger partial charge < -0.3 is 15.8 Å². The van der Waals surface area contributed by atoms with Gasteiger partial charge in [-0.2, -0.15) is 0 Å². The molecule has 6 heteroatoms. The lowest BCUT2D eigenvalue weighted by atomic mass is 10.3. The summed E-state index contributed by atoms with van der Waals surface area (Å²) in [6.07, 6.45) is 0.141. The second-order valence-corrected chi connectivity index (χ2v) is 5.19. The molecular formula is C13H17N3O2S. The average molecular weight is 279 g/mol. The Balaban J connectivity index is 1.87. The molecule has 19 heavy (non-hydrogen) atoms. The number of amides is 1. The van der Waals surface area contributed by atoms with Gasteiger partial charge in [-0.25, -0.2) is 4.98 Å². The molecule has 0 saturated heterocycles. The Morgan fingerprint density at radius 3 is 3.00 bits per heavy atom. The Hall–Kier alpha value is -1.50. The lowest BCUT2D eigenvalue weighted by Gasteiger charge is -2.12. The van der Waals surface area contributed by atoms with Gasteiger partial charge in [0.1, 0.15) is 6.10 Å². The van der Waals surface area contributed by atoms with Crippen molar-refractivity contribution in [2.45, 2.75) is 12.5 Å². The third kappa shape index (κ3) is 3.50. The van der Waals surface area contributed by atoms with Gasteiger partial charge in [0.05, 0.1) is 15.2 Å². The molecule has 1 amide bonds. The number of fused-ring (bicyclic) bond motifs is 1. The average Bonchev–Trinajstić information content (AvgIpc) is 2.82. The van der Waals surface area contributed by atoms with Crippen LogP contribution in [-0.2, 0) is 16.0 Å². The molecule has 0 spiro atoms. The van der Waals surface area contributed by atoms with Gasteiger partial charge in [-0.1, -0.05) is 12.1 Å². The number of nitrogens with one attached hydrogen (secondary N) is 1. The zero-order chi connectivity index (χ0) is 13.7. The van der Waals surface area contributed by atoms with Crippen molar-refractivity contribution in [2.24, 2.45) is 5.73 Å². The summed E-state index contributed by atoms with van der Waals surface area (Å²) in [7, 11) is 1.48. The molecule has 1 aromatic carbocycles. The molecule has 0 bridgehead atoms. The van der Waals surface area contributed by atoms with E-state index in [9.17, 15) is 4.79 Å². The predicted molar refractivity (Wildman–Crippen MR) is 76.2 cm³/mol. The number of para-hydroxylation sites is 1. The fourth-order valence-corrected chi connectivity index (χ4v) is 2.71. The first kappa shape index (κ1) is 13.9. The maximum atomic E-state index is 11.6. The summed E-state index contributed by atoms with van der Waals surface area (Å²) in [4.78, 5) is 16.1. The van der Waals surface area contributed by atoms with Crippen LogP contribution < -0.4 is 11.1 Å². The van der Waals surface area contributed by atoms with E-state index in [1.807, 2.05) is 24.3 Å².